The SMILES string of the molecule is CCCCCCCCCCC(=O)O[C@@H](CS)COC(C)=O. The third kappa shape index (κ3) is 14.0. The number of esters is 2. The van der Waals surface area contributed by atoms with Crippen LogP contribution in [0.2, 0.25) is 0 Å². The fourth-order valence-corrected chi connectivity index (χ4v) is 2.16. The Morgan fingerprint density at radius 2 is 1.57 bits per heavy atom. The molecule has 0 spiro atoms. The predicted octanol–water partition coefficient (Wildman–Crippen LogP) is 3.92. The van der Waals surface area contributed by atoms with Gasteiger partial charge in [-0.15, -0.1) is 0 Å². The first kappa shape index (κ1) is 20.3. The maximum Gasteiger partial charge on any atom is 0.306 e. The second-order valence-electron chi connectivity index (χ2n) is 5.32. The van der Waals surface area contributed by atoms with Crippen molar-refractivity contribution in [1.82, 2.24) is 0 Å². The molecule has 0 radical (unpaired) electrons. The molecule has 0 aliphatic rings. The van der Waals surface area contributed by atoms with Crippen molar-refractivity contribution >= 4 is 24.6 Å². The van der Waals surface area contributed by atoms with E-state index in [0.717, 1.165) is 12.8 Å². The largest absolute Gasteiger partial charge is 0.462 e. The van der Waals surface area contributed by atoms with Gasteiger partial charge in [0.2, 0.25) is 0 Å². The van der Waals surface area contributed by atoms with Gasteiger partial charge in [0.05, 0.1) is 0 Å². The standard InChI is InChI=1S/C16H30O4S/c1-3-4-5-6-7-8-9-10-11-16(18)20-15(13-21)12-19-14(2)17/h15,21H,3-13H2,1-2H3/t15-/m1/s1. The van der Waals surface area contributed by atoms with Crippen molar-refractivity contribution in [3.8, 4) is 0 Å². The van der Waals surface area contributed by atoms with Gasteiger partial charge in [-0.3, -0.25) is 9.59 Å². The molecule has 0 aliphatic carbocycles. The molecule has 0 N–H and O–H groups in total. The van der Waals surface area contributed by atoms with Crippen LogP contribution in [0.15, 0.2) is 0 Å². The third-order valence-corrected chi connectivity index (χ3v) is 3.62. The molecular formula is C16H30O4S. The summed E-state index contributed by atoms with van der Waals surface area (Å²) in [4.78, 5) is 22.3. The van der Waals surface area contributed by atoms with Crippen LogP contribution in [0.3, 0.4) is 0 Å². The van der Waals surface area contributed by atoms with Crippen LogP contribution in [-0.2, 0) is 19.1 Å². The third-order valence-electron chi connectivity index (χ3n) is 3.21. The molecule has 0 heterocycles. The molecule has 0 aromatic rings. The van der Waals surface area contributed by atoms with Gasteiger partial charge in [0.25, 0.3) is 0 Å². The minimum atomic E-state index is -0.446. The Labute approximate surface area is 134 Å². The van der Waals surface area contributed by atoms with Crippen molar-refractivity contribution in [3.05, 3.63) is 0 Å². The number of ether oxygens (including phenoxy) is 2. The van der Waals surface area contributed by atoms with Gasteiger partial charge >= 0.3 is 11.9 Å². The van der Waals surface area contributed by atoms with Crippen LogP contribution in [0.4, 0.5) is 0 Å². The fraction of sp³-hybridized carbons (Fsp3) is 0.875. The van der Waals surface area contributed by atoms with E-state index in [1.807, 2.05) is 0 Å². The fourth-order valence-electron chi connectivity index (χ4n) is 1.98. The lowest BCUT2D eigenvalue weighted by Gasteiger charge is -2.15. The van der Waals surface area contributed by atoms with E-state index >= 15 is 0 Å². The molecule has 0 aromatic carbocycles. The van der Waals surface area contributed by atoms with Crippen LogP contribution in [0.1, 0.15) is 71.6 Å². The summed E-state index contributed by atoms with van der Waals surface area (Å²) in [5.74, 6) is -0.246. The molecule has 0 amide bonds. The van der Waals surface area contributed by atoms with Gasteiger partial charge in [-0.25, -0.2) is 0 Å². The molecule has 5 heteroatoms. The van der Waals surface area contributed by atoms with E-state index in [9.17, 15) is 9.59 Å². The van der Waals surface area contributed by atoms with E-state index in [1.54, 1.807) is 0 Å². The molecule has 0 aliphatic heterocycles. The lowest BCUT2D eigenvalue weighted by Crippen LogP contribution is -2.26. The summed E-state index contributed by atoms with van der Waals surface area (Å²) < 4.78 is 10.0. The highest BCUT2D eigenvalue weighted by atomic mass is 32.1. The summed E-state index contributed by atoms with van der Waals surface area (Å²) in [5.41, 5.74) is 0. The first-order chi connectivity index (χ1) is 10.1. The van der Waals surface area contributed by atoms with Crippen LogP contribution in [0.25, 0.3) is 0 Å². The number of carbonyl (C=O) groups excluding carboxylic acids is 2. The van der Waals surface area contributed by atoms with E-state index in [-0.39, 0.29) is 18.5 Å². The second-order valence-corrected chi connectivity index (χ2v) is 5.69. The molecule has 0 bridgehead atoms. The lowest BCUT2D eigenvalue weighted by molar-refractivity contribution is -0.156. The Morgan fingerprint density at radius 1 is 1.00 bits per heavy atom. The zero-order chi connectivity index (χ0) is 15.9. The molecule has 124 valence electrons. The quantitative estimate of drug-likeness (QED) is 0.318. The van der Waals surface area contributed by atoms with Gasteiger partial charge in [0, 0.05) is 19.1 Å². The number of carbonyl (C=O) groups is 2. The van der Waals surface area contributed by atoms with Crippen molar-refractivity contribution in [2.45, 2.75) is 77.7 Å². The number of hydrogen-bond donors (Lipinski definition) is 1. The lowest BCUT2D eigenvalue weighted by atomic mass is 10.1. The highest BCUT2D eigenvalue weighted by Crippen LogP contribution is 2.10. The molecule has 0 saturated heterocycles. The normalized spacial score (nSPS) is 12.0. The van der Waals surface area contributed by atoms with E-state index in [1.165, 1.54) is 45.4 Å². The minimum Gasteiger partial charge on any atom is -0.462 e. The predicted molar refractivity (Wildman–Crippen MR) is 87.6 cm³/mol. The van der Waals surface area contributed by atoms with Crippen LogP contribution in [0.5, 0.6) is 0 Å². The molecule has 4 nitrogen and oxygen atoms in total. The van der Waals surface area contributed by atoms with E-state index < -0.39 is 6.10 Å². The van der Waals surface area contributed by atoms with Crippen molar-refractivity contribution in [3.63, 3.8) is 0 Å². The monoisotopic (exact) mass is 318 g/mol. The van der Waals surface area contributed by atoms with Crippen LogP contribution < -0.4 is 0 Å². The summed E-state index contributed by atoms with van der Waals surface area (Å²) in [6, 6.07) is 0. The average molecular weight is 318 g/mol. The summed E-state index contributed by atoms with van der Waals surface area (Å²) in [7, 11) is 0. The molecule has 1 atom stereocenters. The maximum atomic E-state index is 11.6. The number of rotatable bonds is 13. The summed E-state index contributed by atoms with van der Waals surface area (Å²) in [6.07, 6.45) is 9.54. The summed E-state index contributed by atoms with van der Waals surface area (Å²) in [6.45, 7) is 3.63. The molecule has 0 rings (SSSR count). The molecule has 0 saturated carbocycles. The Bertz CT molecular complexity index is 281. The molecular weight excluding hydrogens is 288 g/mol. The van der Waals surface area contributed by atoms with Crippen LogP contribution in [0, 0.1) is 0 Å². The number of hydrogen-bond acceptors (Lipinski definition) is 5. The number of thiol groups is 1. The van der Waals surface area contributed by atoms with Gasteiger partial charge in [-0.1, -0.05) is 51.9 Å². The van der Waals surface area contributed by atoms with E-state index in [0.29, 0.717) is 12.2 Å². The zero-order valence-corrected chi connectivity index (χ0v) is 14.3. The van der Waals surface area contributed by atoms with E-state index in [4.69, 9.17) is 9.47 Å². The van der Waals surface area contributed by atoms with Crippen molar-refractivity contribution in [1.29, 1.82) is 0 Å². The van der Waals surface area contributed by atoms with Crippen molar-refractivity contribution in [2.75, 3.05) is 12.4 Å². The summed E-state index contributed by atoms with van der Waals surface area (Å²) >= 11 is 4.09. The highest BCUT2D eigenvalue weighted by molar-refractivity contribution is 7.80. The molecule has 21 heavy (non-hydrogen) atoms. The molecule has 0 aromatic heterocycles. The smallest absolute Gasteiger partial charge is 0.306 e. The van der Waals surface area contributed by atoms with E-state index in [2.05, 4.69) is 19.6 Å². The average Bonchev–Trinajstić information content (AvgIpc) is 2.46. The first-order valence-corrected chi connectivity index (χ1v) is 8.67. The Hall–Kier alpha value is -0.710. The Morgan fingerprint density at radius 3 is 2.10 bits per heavy atom. The van der Waals surface area contributed by atoms with Crippen molar-refractivity contribution < 1.29 is 19.1 Å². The van der Waals surface area contributed by atoms with Gasteiger partial charge in [0.15, 0.2) is 0 Å². The van der Waals surface area contributed by atoms with Crippen LogP contribution >= 0.6 is 12.6 Å². The van der Waals surface area contributed by atoms with Gasteiger partial charge in [-0.2, -0.15) is 12.6 Å². The minimum absolute atomic E-state index is 0.0853. The molecule has 0 unspecified atom stereocenters. The van der Waals surface area contributed by atoms with Gasteiger partial charge in [-0.05, 0) is 6.42 Å². The molecule has 0 fully saturated rings. The van der Waals surface area contributed by atoms with Gasteiger partial charge < -0.3 is 9.47 Å². The maximum absolute atomic E-state index is 11.6. The summed E-state index contributed by atoms with van der Waals surface area (Å²) in [5, 5.41) is 0. The second kappa shape index (κ2) is 14.2. The van der Waals surface area contributed by atoms with Crippen LogP contribution in [-0.4, -0.2) is 30.4 Å². The Balaban J connectivity index is 3.53. The number of unbranched alkanes of at least 4 members (excludes halogenated alkanes) is 7. The Kier molecular flexibility index (Phi) is 13.8. The van der Waals surface area contributed by atoms with Gasteiger partial charge in [0.1, 0.15) is 12.7 Å². The topological polar surface area (TPSA) is 52.6 Å². The first-order valence-electron chi connectivity index (χ1n) is 8.03. The van der Waals surface area contributed by atoms with Crippen molar-refractivity contribution in [2.24, 2.45) is 0 Å². The zero-order valence-electron chi connectivity index (χ0n) is 13.4. The highest BCUT2D eigenvalue weighted by Gasteiger charge is 2.14.